The second kappa shape index (κ2) is 10.6. The fourth-order valence-electron chi connectivity index (χ4n) is 4.86. The van der Waals surface area contributed by atoms with Crippen LogP contribution in [0, 0.1) is 5.92 Å². The zero-order valence-corrected chi connectivity index (χ0v) is 22.0. The van der Waals surface area contributed by atoms with Crippen molar-refractivity contribution in [1.82, 2.24) is 10.2 Å². The number of benzene rings is 1. The molecule has 4 rings (SSSR count). The SMILES string of the molecule is N[C@H]1CCCCCC=C[C@@H]2C[C@@]2(C(=O)O)NC(=O)[C@@H]2C[C@H](OS(=O)(=O)c3ccc(Br)cc3)CN2C1=O. The number of amides is 2. The minimum Gasteiger partial charge on any atom is -0.479 e. The first kappa shape index (κ1) is 26.8. The van der Waals surface area contributed by atoms with Crippen molar-refractivity contribution in [3.63, 3.8) is 0 Å². The summed E-state index contributed by atoms with van der Waals surface area (Å²) in [6, 6.07) is 3.95. The summed E-state index contributed by atoms with van der Waals surface area (Å²) < 4.78 is 31.8. The van der Waals surface area contributed by atoms with E-state index >= 15 is 0 Å². The van der Waals surface area contributed by atoms with E-state index in [4.69, 9.17) is 9.92 Å². The second-order valence-electron chi connectivity index (χ2n) is 9.62. The van der Waals surface area contributed by atoms with Gasteiger partial charge in [-0.1, -0.05) is 40.9 Å². The normalized spacial score (nSPS) is 31.6. The first-order valence-corrected chi connectivity index (χ1v) is 14.2. The highest BCUT2D eigenvalue weighted by molar-refractivity contribution is 9.10. The summed E-state index contributed by atoms with van der Waals surface area (Å²) in [6.45, 7) is -0.149. The molecule has 196 valence electrons. The van der Waals surface area contributed by atoms with Gasteiger partial charge in [-0.25, -0.2) is 4.79 Å². The van der Waals surface area contributed by atoms with Crippen LogP contribution in [0.1, 0.15) is 44.9 Å². The summed E-state index contributed by atoms with van der Waals surface area (Å²) in [7, 11) is -4.16. The van der Waals surface area contributed by atoms with Gasteiger partial charge in [0.1, 0.15) is 11.6 Å². The predicted octanol–water partition coefficient (Wildman–Crippen LogP) is 1.93. The lowest BCUT2D eigenvalue weighted by molar-refractivity contribution is -0.145. The van der Waals surface area contributed by atoms with Gasteiger partial charge in [0.2, 0.25) is 11.8 Å². The van der Waals surface area contributed by atoms with Crippen molar-refractivity contribution in [2.75, 3.05) is 6.54 Å². The number of rotatable bonds is 4. The van der Waals surface area contributed by atoms with E-state index in [0.29, 0.717) is 10.9 Å². The number of hydrogen-bond acceptors (Lipinski definition) is 7. The summed E-state index contributed by atoms with van der Waals surface area (Å²) in [5.74, 6) is -2.63. The monoisotopic (exact) mass is 583 g/mol. The number of nitrogens with two attached hydrogens (primary N) is 1. The largest absolute Gasteiger partial charge is 0.479 e. The second-order valence-corrected chi connectivity index (χ2v) is 12.1. The Morgan fingerprint density at radius 3 is 2.61 bits per heavy atom. The van der Waals surface area contributed by atoms with Crippen LogP contribution in [0.5, 0.6) is 0 Å². The van der Waals surface area contributed by atoms with Crippen LogP contribution in [-0.2, 0) is 28.7 Å². The molecule has 3 aliphatic rings. The third-order valence-corrected chi connectivity index (χ3v) is 8.93. The van der Waals surface area contributed by atoms with Crippen LogP contribution < -0.4 is 11.1 Å². The summed E-state index contributed by atoms with van der Waals surface area (Å²) in [5, 5.41) is 12.5. The first-order valence-electron chi connectivity index (χ1n) is 12.0. The number of allylic oxidation sites excluding steroid dienone is 1. The minimum atomic E-state index is -4.16. The van der Waals surface area contributed by atoms with Gasteiger partial charge in [-0.15, -0.1) is 0 Å². The average Bonchev–Trinajstić information content (AvgIpc) is 3.36. The van der Waals surface area contributed by atoms with Crippen LogP contribution in [0.25, 0.3) is 0 Å². The molecular formula is C24H30BrN3O7S. The molecule has 2 amide bonds. The van der Waals surface area contributed by atoms with Crippen LogP contribution in [0.15, 0.2) is 45.8 Å². The molecule has 1 aromatic rings. The molecule has 0 aromatic heterocycles. The maximum atomic E-state index is 13.3. The molecule has 4 N–H and O–H groups in total. The maximum Gasteiger partial charge on any atom is 0.330 e. The van der Waals surface area contributed by atoms with Gasteiger partial charge in [0.25, 0.3) is 10.1 Å². The zero-order chi connectivity index (χ0) is 26.1. The Kier molecular flexibility index (Phi) is 7.89. The van der Waals surface area contributed by atoms with E-state index in [9.17, 15) is 27.9 Å². The van der Waals surface area contributed by atoms with Gasteiger partial charge < -0.3 is 21.1 Å². The molecule has 0 unspecified atom stereocenters. The topological polar surface area (TPSA) is 156 Å². The van der Waals surface area contributed by atoms with Crippen molar-refractivity contribution >= 4 is 43.8 Å². The molecule has 2 heterocycles. The van der Waals surface area contributed by atoms with Gasteiger partial charge in [0, 0.05) is 23.4 Å². The number of hydrogen-bond donors (Lipinski definition) is 3. The van der Waals surface area contributed by atoms with Crippen molar-refractivity contribution in [1.29, 1.82) is 0 Å². The average molecular weight is 584 g/mol. The van der Waals surface area contributed by atoms with E-state index in [0.717, 1.165) is 25.7 Å². The Morgan fingerprint density at radius 2 is 1.92 bits per heavy atom. The Morgan fingerprint density at radius 1 is 1.19 bits per heavy atom. The fourth-order valence-corrected chi connectivity index (χ4v) is 6.20. The van der Waals surface area contributed by atoms with E-state index in [2.05, 4.69) is 21.2 Å². The molecule has 10 nitrogen and oxygen atoms in total. The van der Waals surface area contributed by atoms with Crippen LogP contribution >= 0.6 is 15.9 Å². The molecule has 36 heavy (non-hydrogen) atoms. The van der Waals surface area contributed by atoms with Crippen LogP contribution in [0.3, 0.4) is 0 Å². The van der Waals surface area contributed by atoms with Crippen molar-refractivity contribution in [3.05, 3.63) is 40.9 Å². The molecule has 1 aromatic carbocycles. The van der Waals surface area contributed by atoms with Crippen molar-refractivity contribution in [2.45, 2.75) is 73.6 Å². The van der Waals surface area contributed by atoms with E-state index in [1.54, 1.807) is 12.1 Å². The van der Waals surface area contributed by atoms with Gasteiger partial charge in [-0.05, 0) is 49.9 Å². The van der Waals surface area contributed by atoms with Gasteiger partial charge in [0.15, 0.2) is 0 Å². The lowest BCUT2D eigenvalue weighted by atomic mass is 10.1. The maximum absolute atomic E-state index is 13.3. The van der Waals surface area contributed by atoms with E-state index in [-0.39, 0.29) is 30.2 Å². The van der Waals surface area contributed by atoms with Gasteiger partial charge in [-0.3, -0.25) is 13.8 Å². The Labute approximate surface area is 218 Å². The smallest absolute Gasteiger partial charge is 0.330 e. The summed E-state index contributed by atoms with van der Waals surface area (Å²) in [6.07, 6.45) is 6.61. The molecule has 1 aliphatic carbocycles. The molecule has 1 saturated heterocycles. The van der Waals surface area contributed by atoms with Crippen molar-refractivity contribution < 1.29 is 32.1 Å². The molecule has 1 saturated carbocycles. The van der Waals surface area contributed by atoms with Crippen LogP contribution in [0.2, 0.25) is 0 Å². The summed E-state index contributed by atoms with van der Waals surface area (Å²) in [5.41, 5.74) is 4.72. The number of fused-ring (bicyclic) bond motifs is 2. The van der Waals surface area contributed by atoms with E-state index in [1.807, 2.05) is 12.2 Å². The molecule has 0 radical (unpaired) electrons. The number of nitrogens with one attached hydrogen (secondary N) is 1. The minimum absolute atomic E-state index is 0.0555. The highest BCUT2D eigenvalue weighted by atomic mass is 79.9. The number of carbonyl (C=O) groups is 3. The lowest BCUT2D eigenvalue weighted by Gasteiger charge is -2.27. The highest BCUT2D eigenvalue weighted by Crippen LogP contribution is 2.45. The number of carboxylic acids is 1. The Balaban J connectivity index is 1.58. The van der Waals surface area contributed by atoms with Gasteiger partial charge in [0.05, 0.1) is 17.0 Å². The number of halogens is 1. The zero-order valence-electron chi connectivity index (χ0n) is 19.6. The summed E-state index contributed by atoms with van der Waals surface area (Å²) in [4.78, 5) is 39.8. The standard InChI is InChI=1S/C24H30BrN3O7S/c25-16-8-10-18(11-9-16)36(33,34)35-17-12-20-21(29)27-24(23(31)32)13-15(24)6-4-2-1-3-5-7-19(26)22(30)28(20)14-17/h4,6,8-11,15,17,19-20H,1-3,5,7,12-14,26H2,(H,27,29)(H,31,32)/t15-,17+,19+,20+,24-/m1/s1. The van der Waals surface area contributed by atoms with Gasteiger partial charge >= 0.3 is 5.97 Å². The first-order chi connectivity index (χ1) is 17.0. The quantitative estimate of drug-likeness (QED) is 0.358. The predicted molar refractivity (Wildman–Crippen MR) is 133 cm³/mol. The third kappa shape index (κ3) is 5.66. The molecule has 12 heteroatoms. The van der Waals surface area contributed by atoms with Gasteiger partial charge in [-0.2, -0.15) is 8.42 Å². The summed E-state index contributed by atoms with van der Waals surface area (Å²) >= 11 is 3.25. The van der Waals surface area contributed by atoms with Crippen LogP contribution in [0.4, 0.5) is 0 Å². The van der Waals surface area contributed by atoms with Crippen LogP contribution in [-0.4, -0.2) is 66.5 Å². The molecule has 5 atom stereocenters. The molecule has 0 spiro atoms. The number of carboxylic acid groups (broad SMARTS) is 1. The molecular weight excluding hydrogens is 554 g/mol. The number of aliphatic carboxylic acids is 1. The van der Waals surface area contributed by atoms with E-state index < -0.39 is 51.6 Å². The number of carbonyl (C=O) groups excluding carboxylic acids is 2. The highest BCUT2D eigenvalue weighted by Gasteiger charge is 2.61. The molecule has 0 bridgehead atoms. The Bertz CT molecular complexity index is 1160. The van der Waals surface area contributed by atoms with E-state index in [1.165, 1.54) is 17.0 Å². The lowest BCUT2D eigenvalue weighted by Crippen LogP contribution is -2.55. The number of nitrogens with zero attached hydrogens (tertiary/aromatic N) is 1. The van der Waals surface area contributed by atoms with Crippen molar-refractivity contribution in [2.24, 2.45) is 11.7 Å². The Hall–Kier alpha value is -2.28. The third-order valence-electron chi connectivity index (χ3n) is 7.03. The molecule has 2 fully saturated rings. The fraction of sp³-hybridized carbons (Fsp3) is 0.542. The van der Waals surface area contributed by atoms with Crippen molar-refractivity contribution in [3.8, 4) is 0 Å². The molecule has 2 aliphatic heterocycles.